The summed E-state index contributed by atoms with van der Waals surface area (Å²) in [6, 6.07) is 1.51. The van der Waals surface area contributed by atoms with Crippen LogP contribution < -0.4 is 5.32 Å². The van der Waals surface area contributed by atoms with Crippen molar-refractivity contribution in [2.45, 2.75) is 24.6 Å². The van der Waals surface area contributed by atoms with Gasteiger partial charge in [-0.2, -0.15) is 11.8 Å². The van der Waals surface area contributed by atoms with Gasteiger partial charge >= 0.3 is 0 Å². The van der Waals surface area contributed by atoms with Crippen molar-refractivity contribution in [3.8, 4) is 0 Å². The third kappa shape index (κ3) is 3.39. The van der Waals surface area contributed by atoms with Crippen LogP contribution in [0.2, 0.25) is 0 Å². The second kappa shape index (κ2) is 5.78. The summed E-state index contributed by atoms with van der Waals surface area (Å²) in [6.07, 6.45) is 2.38. The Labute approximate surface area is 103 Å². The number of benzene rings is 1. The van der Waals surface area contributed by atoms with Crippen LogP contribution in [0.4, 0.5) is 13.2 Å². The number of hydrogen-bond donors (Lipinski definition) is 1. The van der Waals surface area contributed by atoms with Crippen molar-refractivity contribution in [2.24, 2.45) is 0 Å². The van der Waals surface area contributed by atoms with E-state index in [1.807, 2.05) is 11.8 Å². The van der Waals surface area contributed by atoms with Gasteiger partial charge in [-0.05, 0) is 24.7 Å². The standard InChI is InChI=1S/C12H14F3NS/c13-10-5-12(15)11(14)4-8(10)6-16-7-9-2-1-3-17-9/h4-5,9,16H,1-3,6-7H2. The molecular weight excluding hydrogens is 247 g/mol. The van der Waals surface area contributed by atoms with Gasteiger partial charge in [0.25, 0.3) is 0 Å². The van der Waals surface area contributed by atoms with Crippen LogP contribution >= 0.6 is 11.8 Å². The lowest BCUT2D eigenvalue weighted by atomic mass is 10.2. The Hall–Kier alpha value is -0.680. The van der Waals surface area contributed by atoms with E-state index in [-0.39, 0.29) is 12.1 Å². The smallest absolute Gasteiger partial charge is 0.161 e. The van der Waals surface area contributed by atoms with Gasteiger partial charge in [0.15, 0.2) is 11.6 Å². The molecule has 94 valence electrons. The monoisotopic (exact) mass is 261 g/mol. The summed E-state index contributed by atoms with van der Waals surface area (Å²) in [6.45, 7) is 1.02. The van der Waals surface area contributed by atoms with Crippen LogP contribution in [0.3, 0.4) is 0 Å². The number of halogens is 3. The minimum Gasteiger partial charge on any atom is -0.311 e. The molecule has 17 heavy (non-hydrogen) atoms. The Kier molecular flexibility index (Phi) is 4.34. The topological polar surface area (TPSA) is 12.0 Å². The second-order valence-electron chi connectivity index (χ2n) is 4.12. The zero-order chi connectivity index (χ0) is 12.3. The van der Waals surface area contributed by atoms with E-state index in [1.54, 1.807) is 0 Å². The Morgan fingerprint density at radius 2 is 1.94 bits per heavy atom. The molecule has 5 heteroatoms. The van der Waals surface area contributed by atoms with Gasteiger partial charge in [0, 0.05) is 30.0 Å². The number of hydrogen-bond acceptors (Lipinski definition) is 2. The summed E-state index contributed by atoms with van der Waals surface area (Å²) in [5.41, 5.74) is 0.173. The van der Waals surface area contributed by atoms with Crippen molar-refractivity contribution >= 4 is 11.8 Å². The highest BCUT2D eigenvalue weighted by Crippen LogP contribution is 2.25. The third-order valence-electron chi connectivity index (χ3n) is 2.80. The fourth-order valence-corrected chi connectivity index (χ4v) is 3.11. The van der Waals surface area contributed by atoms with Gasteiger partial charge in [-0.15, -0.1) is 0 Å². The van der Waals surface area contributed by atoms with Gasteiger partial charge in [0.05, 0.1) is 0 Å². The van der Waals surface area contributed by atoms with Gasteiger partial charge in [0.2, 0.25) is 0 Å². The molecule has 1 N–H and O–H groups in total. The molecule has 2 rings (SSSR count). The van der Waals surface area contributed by atoms with Gasteiger partial charge in [0.1, 0.15) is 5.82 Å². The molecule has 0 bridgehead atoms. The van der Waals surface area contributed by atoms with Gasteiger partial charge in [-0.3, -0.25) is 0 Å². The zero-order valence-electron chi connectivity index (χ0n) is 9.31. The number of thioether (sulfide) groups is 1. The molecule has 1 fully saturated rings. The molecule has 1 atom stereocenters. The molecule has 1 aliphatic heterocycles. The summed E-state index contributed by atoms with van der Waals surface area (Å²) < 4.78 is 38.9. The first-order chi connectivity index (χ1) is 8.16. The molecule has 0 aliphatic carbocycles. The quantitative estimate of drug-likeness (QED) is 0.836. The molecule has 1 heterocycles. The minimum absolute atomic E-state index is 0.173. The highest BCUT2D eigenvalue weighted by Gasteiger charge is 2.15. The first-order valence-electron chi connectivity index (χ1n) is 5.62. The summed E-state index contributed by atoms with van der Waals surface area (Å²) in [7, 11) is 0. The summed E-state index contributed by atoms with van der Waals surface area (Å²) >= 11 is 1.90. The Bertz CT molecular complexity index is 392. The zero-order valence-corrected chi connectivity index (χ0v) is 10.1. The maximum absolute atomic E-state index is 13.3. The van der Waals surface area contributed by atoms with Crippen molar-refractivity contribution < 1.29 is 13.2 Å². The number of nitrogens with one attached hydrogen (secondary N) is 1. The molecule has 1 aromatic carbocycles. The highest BCUT2D eigenvalue weighted by molar-refractivity contribution is 8.00. The Morgan fingerprint density at radius 3 is 2.65 bits per heavy atom. The van der Waals surface area contributed by atoms with Gasteiger partial charge in [-0.1, -0.05) is 0 Å². The van der Waals surface area contributed by atoms with E-state index in [9.17, 15) is 13.2 Å². The lowest BCUT2D eigenvalue weighted by molar-refractivity contribution is 0.486. The third-order valence-corrected chi connectivity index (χ3v) is 4.20. The SMILES string of the molecule is Fc1cc(F)c(CNCC2CCCS2)cc1F. The van der Waals surface area contributed by atoms with E-state index in [1.165, 1.54) is 12.2 Å². The average molecular weight is 261 g/mol. The van der Waals surface area contributed by atoms with E-state index >= 15 is 0 Å². The van der Waals surface area contributed by atoms with E-state index in [0.717, 1.165) is 19.0 Å². The van der Waals surface area contributed by atoms with Crippen LogP contribution in [0.1, 0.15) is 18.4 Å². The summed E-state index contributed by atoms with van der Waals surface area (Å²) in [4.78, 5) is 0. The first kappa shape index (κ1) is 12.8. The lowest BCUT2D eigenvalue weighted by Crippen LogP contribution is -2.23. The molecule has 0 radical (unpaired) electrons. The van der Waals surface area contributed by atoms with E-state index < -0.39 is 17.5 Å². The van der Waals surface area contributed by atoms with Crippen LogP contribution in [0, 0.1) is 17.5 Å². The maximum atomic E-state index is 13.3. The highest BCUT2D eigenvalue weighted by atomic mass is 32.2. The van der Waals surface area contributed by atoms with E-state index in [0.29, 0.717) is 11.3 Å². The Morgan fingerprint density at radius 1 is 1.18 bits per heavy atom. The predicted octanol–water partition coefficient (Wildman–Crippen LogP) is 3.09. The van der Waals surface area contributed by atoms with Crippen molar-refractivity contribution in [1.82, 2.24) is 5.32 Å². The van der Waals surface area contributed by atoms with Crippen LogP contribution in [0.5, 0.6) is 0 Å². The molecule has 0 amide bonds. The fourth-order valence-electron chi connectivity index (χ4n) is 1.87. The van der Waals surface area contributed by atoms with Crippen molar-refractivity contribution in [2.75, 3.05) is 12.3 Å². The lowest BCUT2D eigenvalue weighted by Gasteiger charge is -2.10. The molecule has 0 saturated carbocycles. The Balaban J connectivity index is 1.87. The molecule has 1 aliphatic rings. The molecule has 1 saturated heterocycles. The van der Waals surface area contributed by atoms with E-state index in [4.69, 9.17) is 0 Å². The van der Waals surface area contributed by atoms with Crippen molar-refractivity contribution in [3.63, 3.8) is 0 Å². The molecule has 1 aromatic rings. The molecular formula is C12H14F3NS. The minimum atomic E-state index is -1.14. The molecule has 1 unspecified atom stereocenters. The van der Waals surface area contributed by atoms with Crippen molar-refractivity contribution in [1.29, 1.82) is 0 Å². The normalized spacial score (nSPS) is 19.8. The predicted molar refractivity (Wildman–Crippen MR) is 63.5 cm³/mol. The average Bonchev–Trinajstić information content (AvgIpc) is 2.78. The van der Waals surface area contributed by atoms with Crippen LogP contribution in [0.25, 0.3) is 0 Å². The largest absolute Gasteiger partial charge is 0.311 e. The van der Waals surface area contributed by atoms with E-state index in [2.05, 4.69) is 5.32 Å². The van der Waals surface area contributed by atoms with Crippen LogP contribution in [-0.4, -0.2) is 17.5 Å². The summed E-state index contributed by atoms with van der Waals surface area (Å²) in [5, 5.41) is 3.64. The second-order valence-corrected chi connectivity index (χ2v) is 5.53. The van der Waals surface area contributed by atoms with Crippen LogP contribution in [0.15, 0.2) is 12.1 Å². The van der Waals surface area contributed by atoms with Crippen molar-refractivity contribution in [3.05, 3.63) is 35.1 Å². The molecule has 0 spiro atoms. The molecule has 0 aromatic heterocycles. The summed E-state index contributed by atoms with van der Waals surface area (Å²) in [5.74, 6) is -1.67. The van der Waals surface area contributed by atoms with Gasteiger partial charge in [-0.25, -0.2) is 13.2 Å². The number of rotatable bonds is 4. The molecule has 1 nitrogen and oxygen atoms in total. The maximum Gasteiger partial charge on any atom is 0.161 e. The first-order valence-corrected chi connectivity index (χ1v) is 6.67. The van der Waals surface area contributed by atoms with Crippen LogP contribution in [-0.2, 0) is 6.54 Å². The fraction of sp³-hybridized carbons (Fsp3) is 0.500. The van der Waals surface area contributed by atoms with Gasteiger partial charge < -0.3 is 5.32 Å².